The highest BCUT2D eigenvalue weighted by Gasteiger charge is 2.47. The van der Waals surface area contributed by atoms with Crippen LogP contribution in [0.3, 0.4) is 0 Å². The van der Waals surface area contributed by atoms with Crippen LogP contribution in [0.25, 0.3) is 0 Å². The van der Waals surface area contributed by atoms with Crippen molar-refractivity contribution < 1.29 is 14.3 Å². The van der Waals surface area contributed by atoms with Crippen molar-refractivity contribution in [3.8, 4) is 0 Å². The van der Waals surface area contributed by atoms with Gasteiger partial charge in [-0.05, 0) is 11.1 Å². The highest BCUT2D eigenvalue weighted by atomic mass is 16.6. The van der Waals surface area contributed by atoms with Crippen LogP contribution in [0, 0.1) is 0 Å². The molecule has 0 aliphatic carbocycles. The molecule has 3 nitrogen and oxygen atoms in total. The van der Waals surface area contributed by atoms with E-state index < -0.39 is 6.10 Å². The number of hydrogen-bond acceptors (Lipinski definition) is 3. The van der Waals surface area contributed by atoms with Crippen molar-refractivity contribution in [2.75, 3.05) is 0 Å². The summed E-state index contributed by atoms with van der Waals surface area (Å²) in [6.45, 7) is 0.293. The zero-order valence-corrected chi connectivity index (χ0v) is 10.4. The van der Waals surface area contributed by atoms with Crippen LogP contribution in [0.4, 0.5) is 0 Å². The van der Waals surface area contributed by atoms with Gasteiger partial charge in [0, 0.05) is 0 Å². The molecular weight excluding hydrogens is 240 g/mol. The van der Waals surface area contributed by atoms with Crippen LogP contribution >= 0.6 is 0 Å². The summed E-state index contributed by atoms with van der Waals surface area (Å²) in [5, 5.41) is 0. The lowest BCUT2D eigenvalue weighted by atomic mass is 10.1. The van der Waals surface area contributed by atoms with Crippen LogP contribution in [-0.2, 0) is 20.9 Å². The largest absolute Gasteiger partial charge is 0.459 e. The number of benzene rings is 2. The lowest BCUT2D eigenvalue weighted by Gasteiger charge is -2.02. The standard InChI is InChI=1S/C16H14O3/c17-16(18-11-12-7-3-1-4-8-12)15-14(19-15)13-9-5-2-6-10-13/h1-10,14-15H,11H2/t14-,15+/m0/s1. The summed E-state index contributed by atoms with van der Waals surface area (Å²) in [6, 6.07) is 19.3. The van der Waals surface area contributed by atoms with E-state index in [-0.39, 0.29) is 12.1 Å². The molecule has 0 saturated carbocycles. The van der Waals surface area contributed by atoms with Crippen molar-refractivity contribution in [3.05, 3.63) is 71.8 Å². The number of carbonyl (C=O) groups is 1. The van der Waals surface area contributed by atoms with E-state index in [9.17, 15) is 4.79 Å². The van der Waals surface area contributed by atoms with Crippen molar-refractivity contribution in [2.24, 2.45) is 0 Å². The highest BCUT2D eigenvalue weighted by molar-refractivity contribution is 5.78. The molecular formula is C16H14O3. The highest BCUT2D eigenvalue weighted by Crippen LogP contribution is 2.39. The van der Waals surface area contributed by atoms with Gasteiger partial charge in [0.1, 0.15) is 12.7 Å². The van der Waals surface area contributed by atoms with Gasteiger partial charge in [-0.3, -0.25) is 0 Å². The summed E-state index contributed by atoms with van der Waals surface area (Å²) < 4.78 is 10.6. The number of epoxide rings is 1. The first kappa shape index (κ1) is 11.9. The van der Waals surface area contributed by atoms with Crippen LogP contribution in [0.15, 0.2) is 60.7 Å². The van der Waals surface area contributed by atoms with Crippen molar-refractivity contribution in [3.63, 3.8) is 0 Å². The van der Waals surface area contributed by atoms with Gasteiger partial charge < -0.3 is 9.47 Å². The van der Waals surface area contributed by atoms with Crippen LogP contribution in [-0.4, -0.2) is 12.1 Å². The van der Waals surface area contributed by atoms with Gasteiger partial charge in [0.15, 0.2) is 6.10 Å². The normalized spacial score (nSPS) is 20.8. The summed E-state index contributed by atoms with van der Waals surface area (Å²) in [5.74, 6) is -0.294. The Hall–Kier alpha value is -2.13. The number of hydrogen-bond donors (Lipinski definition) is 0. The molecule has 2 aromatic rings. The Labute approximate surface area is 111 Å². The van der Waals surface area contributed by atoms with E-state index in [0.29, 0.717) is 6.61 Å². The molecule has 3 rings (SSSR count). The first-order valence-electron chi connectivity index (χ1n) is 6.25. The molecule has 0 unspecified atom stereocenters. The van der Waals surface area contributed by atoms with Crippen LogP contribution in [0.1, 0.15) is 17.2 Å². The van der Waals surface area contributed by atoms with Crippen molar-refractivity contribution >= 4 is 5.97 Å². The fourth-order valence-corrected chi connectivity index (χ4v) is 2.00. The number of rotatable bonds is 4. The average Bonchev–Trinajstić information content (AvgIpc) is 3.27. The molecule has 0 bridgehead atoms. The lowest BCUT2D eigenvalue weighted by Crippen LogP contribution is -2.12. The summed E-state index contributed by atoms with van der Waals surface area (Å²) >= 11 is 0. The maximum atomic E-state index is 11.8. The fraction of sp³-hybridized carbons (Fsp3) is 0.188. The second kappa shape index (κ2) is 5.24. The lowest BCUT2D eigenvalue weighted by molar-refractivity contribution is -0.146. The fourth-order valence-electron chi connectivity index (χ4n) is 2.00. The predicted octanol–water partition coefficient (Wildman–Crippen LogP) is 2.87. The Morgan fingerprint density at radius 3 is 2.32 bits per heavy atom. The molecule has 2 atom stereocenters. The number of ether oxygens (including phenoxy) is 2. The molecule has 1 saturated heterocycles. The van der Waals surface area contributed by atoms with Crippen molar-refractivity contribution in [1.29, 1.82) is 0 Å². The molecule has 0 N–H and O–H groups in total. The average molecular weight is 254 g/mol. The molecule has 19 heavy (non-hydrogen) atoms. The third-order valence-electron chi connectivity index (χ3n) is 3.08. The Morgan fingerprint density at radius 2 is 1.63 bits per heavy atom. The van der Waals surface area contributed by atoms with Gasteiger partial charge in [-0.2, -0.15) is 0 Å². The van der Waals surface area contributed by atoms with E-state index in [4.69, 9.17) is 9.47 Å². The quantitative estimate of drug-likeness (QED) is 0.622. The van der Waals surface area contributed by atoms with Gasteiger partial charge in [-0.25, -0.2) is 4.79 Å². The molecule has 0 radical (unpaired) electrons. The number of carbonyl (C=O) groups excluding carboxylic acids is 1. The zero-order chi connectivity index (χ0) is 13.1. The third kappa shape index (κ3) is 2.83. The molecule has 1 aliphatic heterocycles. The van der Waals surface area contributed by atoms with Gasteiger partial charge in [-0.15, -0.1) is 0 Å². The van der Waals surface area contributed by atoms with Crippen LogP contribution < -0.4 is 0 Å². The summed E-state index contributed by atoms with van der Waals surface area (Å²) in [7, 11) is 0. The molecule has 2 aromatic carbocycles. The van der Waals surface area contributed by atoms with Gasteiger partial charge in [0.25, 0.3) is 0 Å². The SMILES string of the molecule is O=C(OCc1ccccc1)[C@@H]1O[C@H]1c1ccccc1. The van der Waals surface area contributed by atoms with Crippen molar-refractivity contribution in [2.45, 2.75) is 18.8 Å². The molecule has 0 aromatic heterocycles. The predicted molar refractivity (Wildman–Crippen MR) is 70.3 cm³/mol. The Balaban J connectivity index is 1.53. The van der Waals surface area contributed by atoms with Crippen LogP contribution in [0.2, 0.25) is 0 Å². The summed E-state index contributed by atoms with van der Waals surface area (Å²) in [6.07, 6.45) is -0.601. The minimum atomic E-state index is -0.453. The molecule has 1 fully saturated rings. The first-order chi connectivity index (χ1) is 9.34. The van der Waals surface area contributed by atoms with Gasteiger partial charge >= 0.3 is 5.97 Å². The van der Waals surface area contributed by atoms with E-state index in [2.05, 4.69) is 0 Å². The molecule has 1 heterocycles. The summed E-state index contributed by atoms with van der Waals surface area (Å²) in [5.41, 5.74) is 2.00. The van der Waals surface area contributed by atoms with Crippen molar-refractivity contribution in [1.82, 2.24) is 0 Å². The van der Waals surface area contributed by atoms with E-state index in [1.807, 2.05) is 60.7 Å². The molecule has 1 aliphatic rings. The Bertz CT molecular complexity index is 551. The second-order valence-corrected chi connectivity index (χ2v) is 4.48. The molecule has 96 valence electrons. The van der Waals surface area contributed by atoms with E-state index in [1.165, 1.54) is 0 Å². The second-order valence-electron chi connectivity index (χ2n) is 4.48. The topological polar surface area (TPSA) is 38.8 Å². The molecule has 0 spiro atoms. The minimum absolute atomic E-state index is 0.149. The first-order valence-corrected chi connectivity index (χ1v) is 6.25. The summed E-state index contributed by atoms with van der Waals surface area (Å²) in [4.78, 5) is 11.8. The van der Waals surface area contributed by atoms with E-state index >= 15 is 0 Å². The zero-order valence-electron chi connectivity index (χ0n) is 10.4. The van der Waals surface area contributed by atoms with E-state index in [1.54, 1.807) is 0 Å². The minimum Gasteiger partial charge on any atom is -0.459 e. The number of esters is 1. The molecule has 0 amide bonds. The molecule has 3 heteroatoms. The Kier molecular flexibility index (Phi) is 3.29. The van der Waals surface area contributed by atoms with E-state index in [0.717, 1.165) is 11.1 Å². The maximum Gasteiger partial charge on any atom is 0.338 e. The Morgan fingerprint density at radius 1 is 1.00 bits per heavy atom. The van der Waals surface area contributed by atoms with Crippen LogP contribution in [0.5, 0.6) is 0 Å². The maximum absolute atomic E-state index is 11.8. The monoisotopic (exact) mass is 254 g/mol. The van der Waals surface area contributed by atoms with Gasteiger partial charge in [0.05, 0.1) is 0 Å². The van der Waals surface area contributed by atoms with Gasteiger partial charge in [-0.1, -0.05) is 60.7 Å². The van der Waals surface area contributed by atoms with Gasteiger partial charge in [0.2, 0.25) is 0 Å². The smallest absolute Gasteiger partial charge is 0.338 e. The third-order valence-corrected chi connectivity index (χ3v) is 3.08.